The third-order valence-electron chi connectivity index (χ3n) is 4.56. The van der Waals surface area contributed by atoms with Crippen LogP contribution in [0.4, 0.5) is 24.7 Å². The number of aromatic nitrogens is 3. The van der Waals surface area contributed by atoms with Gasteiger partial charge in [0, 0.05) is 23.5 Å². The molecular weight excluding hydrogens is 439 g/mol. The Hall–Kier alpha value is -4.41. The van der Waals surface area contributed by atoms with Gasteiger partial charge in [-0.25, -0.2) is 4.99 Å². The Kier molecular flexibility index (Phi) is 5.94. The monoisotopic (exact) mass is 455 g/mol. The molecule has 0 radical (unpaired) electrons. The van der Waals surface area contributed by atoms with Crippen molar-refractivity contribution in [3.63, 3.8) is 0 Å². The molecule has 0 unspecified atom stereocenters. The number of aliphatic imine (C=N–C) groups is 1. The highest BCUT2D eigenvalue weighted by Gasteiger charge is 2.30. The number of alkyl halides is 3. The Labute approximate surface area is 184 Å². The Morgan fingerprint density at radius 2 is 1.91 bits per heavy atom. The summed E-state index contributed by atoms with van der Waals surface area (Å²) in [5, 5.41) is 18.1. The molecule has 33 heavy (non-hydrogen) atoms. The van der Waals surface area contributed by atoms with Gasteiger partial charge in [-0.15, -0.1) is 0 Å². The minimum absolute atomic E-state index is 0.0496. The summed E-state index contributed by atoms with van der Waals surface area (Å²) in [5.41, 5.74) is 1.41. The molecule has 168 valence electrons. The number of anilines is 1. The van der Waals surface area contributed by atoms with Gasteiger partial charge >= 0.3 is 12.1 Å². The molecule has 0 spiro atoms. The molecule has 2 aromatic heterocycles. The van der Waals surface area contributed by atoms with Crippen molar-refractivity contribution in [2.75, 3.05) is 5.32 Å². The molecule has 0 saturated carbocycles. The molecule has 4 rings (SSSR count). The van der Waals surface area contributed by atoms with E-state index in [4.69, 9.17) is 4.52 Å². The summed E-state index contributed by atoms with van der Waals surface area (Å²) in [7, 11) is 0. The third-order valence-corrected chi connectivity index (χ3v) is 4.56. The number of pyridine rings is 1. The summed E-state index contributed by atoms with van der Waals surface area (Å²) < 4.78 is 44.8. The van der Waals surface area contributed by atoms with Gasteiger partial charge < -0.3 is 15.4 Å². The average Bonchev–Trinajstić information content (AvgIpc) is 3.20. The van der Waals surface area contributed by atoms with Crippen molar-refractivity contribution in [3.8, 4) is 11.1 Å². The third kappa shape index (κ3) is 5.64. The van der Waals surface area contributed by atoms with Gasteiger partial charge in [-0.3, -0.25) is 9.32 Å². The van der Waals surface area contributed by atoms with E-state index in [0.717, 1.165) is 28.8 Å². The fourth-order valence-corrected chi connectivity index (χ4v) is 3.03. The minimum atomic E-state index is -4.52. The zero-order chi connectivity index (χ0) is 23.4. The van der Waals surface area contributed by atoms with Crippen molar-refractivity contribution < 1.29 is 27.5 Å². The van der Waals surface area contributed by atoms with Crippen LogP contribution in [0.25, 0.3) is 11.1 Å². The first-order valence-electron chi connectivity index (χ1n) is 9.61. The van der Waals surface area contributed by atoms with Gasteiger partial charge in [-0.05, 0) is 40.1 Å². The van der Waals surface area contributed by atoms with Gasteiger partial charge in [0.15, 0.2) is 0 Å². The summed E-state index contributed by atoms with van der Waals surface area (Å²) in [6.45, 7) is 0.323. The van der Waals surface area contributed by atoms with Gasteiger partial charge in [-0.2, -0.15) is 13.2 Å². The van der Waals surface area contributed by atoms with Crippen molar-refractivity contribution in [3.05, 3.63) is 94.5 Å². The maximum Gasteiger partial charge on any atom is 0.416 e. The quantitative estimate of drug-likeness (QED) is 0.273. The number of nitrogens with one attached hydrogen (secondary N) is 2. The Morgan fingerprint density at radius 1 is 1.12 bits per heavy atom. The van der Waals surface area contributed by atoms with E-state index in [1.54, 1.807) is 12.3 Å². The van der Waals surface area contributed by atoms with Crippen molar-refractivity contribution in [2.24, 2.45) is 4.99 Å². The summed E-state index contributed by atoms with van der Waals surface area (Å²) in [4.78, 5) is 17.7. The smallest absolute Gasteiger partial charge is 0.416 e. The van der Waals surface area contributed by atoms with E-state index in [-0.39, 0.29) is 17.1 Å². The molecule has 4 aromatic rings. The van der Waals surface area contributed by atoms with E-state index in [0.29, 0.717) is 6.54 Å². The van der Waals surface area contributed by atoms with E-state index >= 15 is 0 Å². The molecule has 2 N–H and O–H groups in total. The second-order valence-electron chi connectivity index (χ2n) is 7.00. The topological polar surface area (TPSA) is 110 Å². The second-order valence-corrected chi connectivity index (χ2v) is 7.00. The normalized spacial score (nSPS) is 12.0. The molecule has 8 nitrogen and oxygen atoms in total. The van der Waals surface area contributed by atoms with Crippen LogP contribution in [0, 0.1) is 0 Å². The molecule has 0 saturated heterocycles. The lowest BCUT2D eigenvalue weighted by Crippen LogP contribution is -2.35. The van der Waals surface area contributed by atoms with Crippen LogP contribution in [0.3, 0.4) is 0 Å². The van der Waals surface area contributed by atoms with Gasteiger partial charge in [-0.1, -0.05) is 30.3 Å². The lowest BCUT2D eigenvalue weighted by atomic mass is 10.1. The fourth-order valence-electron chi connectivity index (χ4n) is 3.03. The maximum atomic E-state index is 12.8. The van der Waals surface area contributed by atoms with Crippen molar-refractivity contribution in [2.45, 2.75) is 12.7 Å². The summed E-state index contributed by atoms with van der Waals surface area (Å²) in [6.07, 6.45) is -1.56. The number of halogens is 3. The van der Waals surface area contributed by atoms with Crippen LogP contribution in [-0.4, -0.2) is 16.3 Å². The first kappa shape index (κ1) is 21.8. The van der Waals surface area contributed by atoms with Crippen LogP contribution < -0.4 is 20.7 Å². The van der Waals surface area contributed by atoms with Gasteiger partial charge in [0.1, 0.15) is 0 Å². The van der Waals surface area contributed by atoms with Crippen molar-refractivity contribution in [1.82, 2.24) is 10.3 Å². The number of hydrogen-bond acceptors (Lipinski definition) is 5. The number of H-pyrrole nitrogens is 1. The van der Waals surface area contributed by atoms with Crippen LogP contribution in [-0.2, 0) is 12.7 Å². The number of rotatable bonds is 5. The standard InChI is InChI=1S/C22H16F3N5O3/c23-22(24,25)17-2-1-3-18(11-17)27-21(32)28-20-13-30(29-33-20)12-14-4-6-15(7-5-14)16-8-9-26-19(31)10-16/h1-11,13H,12H2,(H2-,26,27,28,29,31,32). The summed E-state index contributed by atoms with van der Waals surface area (Å²) in [5.74, 6) is -0.111. The number of aromatic amines is 1. The zero-order valence-electron chi connectivity index (χ0n) is 16.8. The van der Waals surface area contributed by atoms with E-state index in [1.165, 1.54) is 29.1 Å². The number of benzene rings is 2. The summed E-state index contributed by atoms with van der Waals surface area (Å²) >= 11 is 0. The SMILES string of the molecule is O=c1cc(-c2ccc(C[n+]3cc(/N=C(\[O-])Nc4cccc(C(F)(F)F)c4)on3)cc2)cc[nH]1. The van der Waals surface area contributed by atoms with E-state index < -0.39 is 17.8 Å². The predicted octanol–water partition coefficient (Wildman–Crippen LogP) is 2.84. The maximum absolute atomic E-state index is 12.8. The lowest BCUT2D eigenvalue weighted by molar-refractivity contribution is -0.754. The molecule has 0 amide bonds. The Morgan fingerprint density at radius 3 is 2.64 bits per heavy atom. The Bertz CT molecular complexity index is 1340. The highest BCUT2D eigenvalue weighted by Crippen LogP contribution is 2.30. The zero-order valence-corrected chi connectivity index (χ0v) is 16.8. The molecule has 11 heteroatoms. The van der Waals surface area contributed by atoms with E-state index in [9.17, 15) is 23.1 Å². The minimum Gasteiger partial charge on any atom is -0.846 e. The predicted molar refractivity (Wildman–Crippen MR) is 110 cm³/mol. The molecule has 0 atom stereocenters. The Balaban J connectivity index is 1.41. The van der Waals surface area contributed by atoms with Crippen LogP contribution in [0.1, 0.15) is 11.1 Å². The van der Waals surface area contributed by atoms with Gasteiger partial charge in [0.2, 0.25) is 17.4 Å². The molecule has 0 aliphatic rings. The number of amidine groups is 1. The number of nitrogens with zero attached hydrogens (tertiary/aromatic N) is 3. The molecule has 0 aliphatic carbocycles. The van der Waals surface area contributed by atoms with Crippen LogP contribution >= 0.6 is 0 Å². The average molecular weight is 455 g/mol. The van der Waals surface area contributed by atoms with Crippen molar-refractivity contribution in [1.29, 1.82) is 0 Å². The fraction of sp³-hybridized carbons (Fsp3) is 0.0909. The van der Waals surface area contributed by atoms with Crippen LogP contribution in [0.15, 0.2) is 87.4 Å². The van der Waals surface area contributed by atoms with Crippen LogP contribution in [0.5, 0.6) is 0 Å². The second kappa shape index (κ2) is 8.99. The molecular formula is C22H16F3N5O3. The largest absolute Gasteiger partial charge is 0.846 e. The van der Waals surface area contributed by atoms with Gasteiger partial charge in [0.25, 0.3) is 6.20 Å². The highest BCUT2D eigenvalue weighted by molar-refractivity contribution is 5.87. The summed E-state index contributed by atoms with van der Waals surface area (Å²) in [6, 6.07) is 14.0. The molecule has 0 aliphatic heterocycles. The molecule has 0 bridgehead atoms. The molecule has 2 aromatic carbocycles. The van der Waals surface area contributed by atoms with Crippen molar-refractivity contribution >= 4 is 17.6 Å². The van der Waals surface area contributed by atoms with Crippen LogP contribution in [0.2, 0.25) is 0 Å². The first-order valence-corrected chi connectivity index (χ1v) is 9.61. The van der Waals surface area contributed by atoms with Gasteiger partial charge in [0.05, 0.1) is 11.6 Å². The first-order chi connectivity index (χ1) is 15.8. The lowest BCUT2D eigenvalue weighted by Gasteiger charge is -2.14. The van der Waals surface area contributed by atoms with E-state index in [1.807, 2.05) is 24.3 Å². The highest BCUT2D eigenvalue weighted by atomic mass is 19.4. The molecule has 0 fully saturated rings. The van der Waals surface area contributed by atoms with E-state index in [2.05, 4.69) is 20.6 Å². The molecule has 2 heterocycles. The number of hydrogen-bond donors (Lipinski definition) is 2.